The van der Waals surface area contributed by atoms with Crippen LogP contribution in [0, 0.1) is 0 Å². The first-order chi connectivity index (χ1) is 18.8. The fraction of sp³-hybridized carbons (Fsp3) is 0.571. The van der Waals surface area contributed by atoms with Crippen molar-refractivity contribution in [1.82, 2.24) is 24.8 Å². The van der Waals surface area contributed by atoms with Crippen LogP contribution in [0.3, 0.4) is 0 Å². The molecule has 2 aromatic heterocycles. The first kappa shape index (κ1) is 25.1. The number of nitrogens with one attached hydrogen (secondary N) is 1. The van der Waals surface area contributed by atoms with Gasteiger partial charge >= 0.3 is 0 Å². The third kappa shape index (κ3) is 6.24. The van der Waals surface area contributed by atoms with Crippen molar-refractivity contribution < 1.29 is 14.2 Å². The highest BCUT2D eigenvalue weighted by atomic mass is 16.5. The number of likely N-dealkylation sites (tertiary alicyclic amines) is 1. The van der Waals surface area contributed by atoms with E-state index in [0.29, 0.717) is 18.6 Å². The number of morpholine rings is 1. The molecule has 0 radical (unpaired) electrons. The monoisotopic (exact) mass is 519 g/mol. The lowest BCUT2D eigenvalue weighted by molar-refractivity contribution is 0.122. The van der Waals surface area contributed by atoms with Crippen LogP contribution in [-0.4, -0.2) is 89.5 Å². The Morgan fingerprint density at radius 1 is 0.895 bits per heavy atom. The van der Waals surface area contributed by atoms with E-state index in [1.165, 1.54) is 25.9 Å². The van der Waals surface area contributed by atoms with E-state index < -0.39 is 0 Å². The second-order valence-electron chi connectivity index (χ2n) is 10.3. The normalized spacial score (nSPS) is 22.5. The van der Waals surface area contributed by atoms with Gasteiger partial charge in [-0.15, -0.1) is 0 Å². The molecule has 0 unspecified atom stereocenters. The molecule has 3 aliphatic rings. The van der Waals surface area contributed by atoms with E-state index in [1.807, 2.05) is 0 Å². The Labute approximate surface area is 223 Å². The summed E-state index contributed by atoms with van der Waals surface area (Å²) < 4.78 is 17.9. The summed E-state index contributed by atoms with van der Waals surface area (Å²) in [5.41, 5.74) is 2.80. The van der Waals surface area contributed by atoms with Crippen LogP contribution in [0.2, 0.25) is 0 Å². The van der Waals surface area contributed by atoms with Crippen molar-refractivity contribution in [2.75, 3.05) is 62.8 Å². The molecule has 38 heavy (non-hydrogen) atoms. The maximum absolute atomic E-state index is 6.55. The Balaban J connectivity index is 1.01. The fourth-order valence-corrected chi connectivity index (χ4v) is 5.57. The summed E-state index contributed by atoms with van der Waals surface area (Å²) in [7, 11) is 0. The number of fused-ring (bicyclic) bond motifs is 1. The summed E-state index contributed by atoms with van der Waals surface area (Å²) in [6.45, 7) is 7.23. The maximum Gasteiger partial charge on any atom is 0.223 e. The lowest BCUT2D eigenvalue weighted by Crippen LogP contribution is -2.36. The van der Waals surface area contributed by atoms with Gasteiger partial charge in [-0.2, -0.15) is 0 Å². The van der Waals surface area contributed by atoms with Gasteiger partial charge in [-0.25, -0.2) is 15.0 Å². The van der Waals surface area contributed by atoms with Crippen LogP contribution in [0.25, 0.3) is 11.0 Å². The van der Waals surface area contributed by atoms with Crippen LogP contribution in [0.5, 0.6) is 11.5 Å². The molecule has 3 fully saturated rings. The van der Waals surface area contributed by atoms with Gasteiger partial charge < -0.3 is 24.4 Å². The van der Waals surface area contributed by atoms with Gasteiger partial charge in [-0.05, 0) is 57.7 Å². The van der Waals surface area contributed by atoms with Gasteiger partial charge in [0.2, 0.25) is 5.95 Å². The summed E-state index contributed by atoms with van der Waals surface area (Å²) in [5, 5.41) is 3.49. The molecule has 0 spiro atoms. The Kier molecular flexibility index (Phi) is 7.97. The van der Waals surface area contributed by atoms with E-state index in [4.69, 9.17) is 14.2 Å². The molecule has 202 valence electrons. The topological polar surface area (TPSA) is 97.8 Å². The molecule has 0 amide bonds. The molecule has 10 heteroatoms. The van der Waals surface area contributed by atoms with Crippen molar-refractivity contribution in [2.45, 2.75) is 50.7 Å². The van der Waals surface area contributed by atoms with Crippen molar-refractivity contribution in [3.05, 3.63) is 36.9 Å². The number of nitrogens with zero attached hydrogens (tertiary/aromatic N) is 6. The SMILES string of the molecule is c1cnc2c(O[C@H]3CC[C@@H](Nc4ncc(OCCN5CCCC5)cn4)CC3)cc(N3CCOCC3)cc2n1. The molecule has 1 aromatic carbocycles. The smallest absolute Gasteiger partial charge is 0.223 e. The number of rotatable bonds is 9. The van der Waals surface area contributed by atoms with Crippen molar-refractivity contribution in [3.63, 3.8) is 0 Å². The zero-order chi connectivity index (χ0) is 25.6. The maximum atomic E-state index is 6.55. The second kappa shape index (κ2) is 12.1. The highest BCUT2D eigenvalue weighted by Crippen LogP contribution is 2.33. The minimum atomic E-state index is 0.144. The molecule has 0 atom stereocenters. The summed E-state index contributed by atoms with van der Waals surface area (Å²) in [5.74, 6) is 2.19. The number of ether oxygens (including phenoxy) is 3. The average Bonchev–Trinajstić information content (AvgIpc) is 3.49. The molecular formula is C28H37N7O3. The highest BCUT2D eigenvalue weighted by Gasteiger charge is 2.25. The van der Waals surface area contributed by atoms with Gasteiger partial charge in [0.25, 0.3) is 0 Å². The predicted octanol–water partition coefficient (Wildman–Crippen LogP) is 3.53. The van der Waals surface area contributed by atoms with Gasteiger partial charge in [0.05, 0.1) is 37.2 Å². The molecule has 1 aliphatic carbocycles. The Hall–Kier alpha value is -3.24. The van der Waals surface area contributed by atoms with E-state index in [9.17, 15) is 0 Å². The molecule has 1 saturated carbocycles. The summed E-state index contributed by atoms with van der Waals surface area (Å²) in [4.78, 5) is 22.9. The van der Waals surface area contributed by atoms with Crippen LogP contribution in [0.1, 0.15) is 38.5 Å². The third-order valence-electron chi connectivity index (χ3n) is 7.70. The summed E-state index contributed by atoms with van der Waals surface area (Å²) in [6.07, 6.45) is 13.6. The third-order valence-corrected chi connectivity index (χ3v) is 7.70. The van der Waals surface area contributed by atoms with Gasteiger partial charge in [0, 0.05) is 49.8 Å². The Morgan fingerprint density at radius 3 is 2.45 bits per heavy atom. The molecule has 4 heterocycles. The van der Waals surface area contributed by atoms with E-state index >= 15 is 0 Å². The molecule has 10 nitrogen and oxygen atoms in total. The standard InChI is InChI=1S/C28H37N7O3/c1-2-10-34(9-1)11-16-37-24-19-31-28(32-20-24)33-21-3-5-23(6-4-21)38-26-18-22(35-12-14-36-15-13-35)17-25-27(26)30-8-7-29-25/h7-8,17-21,23H,1-6,9-16H2,(H,31,32,33)/t21-,23+. The van der Waals surface area contributed by atoms with Crippen molar-refractivity contribution in [1.29, 1.82) is 0 Å². The predicted molar refractivity (Wildman–Crippen MR) is 146 cm³/mol. The van der Waals surface area contributed by atoms with Gasteiger partial charge in [-0.3, -0.25) is 9.88 Å². The Bertz CT molecular complexity index is 1170. The van der Waals surface area contributed by atoms with Gasteiger partial charge in [0.1, 0.15) is 17.9 Å². The first-order valence-electron chi connectivity index (χ1n) is 14.0. The minimum absolute atomic E-state index is 0.144. The van der Waals surface area contributed by atoms with E-state index in [0.717, 1.165) is 86.8 Å². The quantitative estimate of drug-likeness (QED) is 0.452. The molecule has 6 rings (SSSR count). The van der Waals surface area contributed by atoms with Crippen LogP contribution < -0.4 is 19.7 Å². The summed E-state index contributed by atoms with van der Waals surface area (Å²) in [6, 6.07) is 4.55. The van der Waals surface area contributed by atoms with Crippen LogP contribution in [0.15, 0.2) is 36.9 Å². The van der Waals surface area contributed by atoms with Gasteiger partial charge in [-0.1, -0.05) is 0 Å². The van der Waals surface area contributed by atoms with Crippen LogP contribution in [0.4, 0.5) is 11.6 Å². The Morgan fingerprint density at radius 2 is 1.66 bits per heavy atom. The molecule has 2 aliphatic heterocycles. The minimum Gasteiger partial charge on any atom is -0.489 e. The van der Waals surface area contributed by atoms with Crippen LogP contribution in [-0.2, 0) is 4.74 Å². The molecule has 3 aromatic rings. The zero-order valence-electron chi connectivity index (χ0n) is 21.9. The largest absolute Gasteiger partial charge is 0.489 e. The highest BCUT2D eigenvalue weighted by molar-refractivity contribution is 5.85. The average molecular weight is 520 g/mol. The van der Waals surface area contributed by atoms with Crippen molar-refractivity contribution >= 4 is 22.7 Å². The van der Waals surface area contributed by atoms with E-state index in [2.05, 4.69) is 47.2 Å². The second-order valence-corrected chi connectivity index (χ2v) is 10.3. The van der Waals surface area contributed by atoms with E-state index in [1.54, 1.807) is 24.8 Å². The number of hydrogen-bond donors (Lipinski definition) is 1. The lowest BCUT2D eigenvalue weighted by atomic mass is 9.93. The van der Waals surface area contributed by atoms with E-state index in [-0.39, 0.29) is 6.10 Å². The number of hydrogen-bond acceptors (Lipinski definition) is 10. The van der Waals surface area contributed by atoms with Crippen molar-refractivity contribution in [2.24, 2.45) is 0 Å². The number of benzene rings is 1. The zero-order valence-corrected chi connectivity index (χ0v) is 21.9. The van der Waals surface area contributed by atoms with Crippen molar-refractivity contribution in [3.8, 4) is 11.5 Å². The number of aromatic nitrogens is 4. The fourth-order valence-electron chi connectivity index (χ4n) is 5.57. The number of anilines is 2. The molecule has 0 bridgehead atoms. The van der Waals surface area contributed by atoms with Crippen LogP contribution >= 0.6 is 0 Å². The molecular weight excluding hydrogens is 482 g/mol. The summed E-state index contributed by atoms with van der Waals surface area (Å²) >= 11 is 0. The molecule has 2 saturated heterocycles. The van der Waals surface area contributed by atoms with Gasteiger partial charge in [0.15, 0.2) is 5.75 Å². The molecule has 1 N–H and O–H groups in total. The lowest BCUT2D eigenvalue weighted by Gasteiger charge is -2.31. The first-order valence-corrected chi connectivity index (χ1v) is 14.0.